The number of alkyl halides is 3. The van der Waals surface area contributed by atoms with Crippen molar-refractivity contribution in [3.63, 3.8) is 0 Å². The number of benzene rings is 1. The van der Waals surface area contributed by atoms with Crippen LogP contribution in [0.1, 0.15) is 0 Å². The van der Waals surface area contributed by atoms with E-state index in [0.29, 0.717) is 0 Å². The molecule has 0 aliphatic rings. The second-order valence-electron chi connectivity index (χ2n) is 3.45. The normalized spacial score (nSPS) is 14.4. The molecule has 5 nitrogen and oxygen atoms in total. The van der Waals surface area contributed by atoms with Gasteiger partial charge in [-0.05, 0) is 12.1 Å². The maximum atomic E-state index is 12.0. The van der Waals surface area contributed by atoms with Crippen molar-refractivity contribution in [1.82, 2.24) is 4.72 Å². The fourth-order valence-corrected chi connectivity index (χ4v) is 2.28. The van der Waals surface area contributed by atoms with Crippen molar-refractivity contribution in [2.24, 2.45) is 0 Å². The van der Waals surface area contributed by atoms with E-state index in [0.717, 1.165) is 6.07 Å². The Balaban J connectivity index is 2.82. The quantitative estimate of drug-likeness (QED) is 0.701. The summed E-state index contributed by atoms with van der Waals surface area (Å²) in [5.41, 5.74) is 5.30. The number of para-hydroxylation sites is 1. The van der Waals surface area contributed by atoms with Gasteiger partial charge in [-0.15, -0.1) is 0 Å². The number of nitrogens with one attached hydrogen (secondary N) is 1. The first kappa shape index (κ1) is 14.7. The van der Waals surface area contributed by atoms with Crippen LogP contribution in [0.15, 0.2) is 29.2 Å². The van der Waals surface area contributed by atoms with Crippen molar-refractivity contribution in [3.05, 3.63) is 24.3 Å². The Morgan fingerprint density at radius 2 is 1.89 bits per heavy atom. The summed E-state index contributed by atoms with van der Waals surface area (Å²) in [6.07, 6.45) is -7.65. The topological polar surface area (TPSA) is 92.4 Å². The molecule has 0 fully saturated rings. The zero-order valence-corrected chi connectivity index (χ0v) is 9.79. The maximum Gasteiger partial charge on any atom is 0.415 e. The van der Waals surface area contributed by atoms with Crippen molar-refractivity contribution in [2.45, 2.75) is 17.2 Å². The summed E-state index contributed by atoms with van der Waals surface area (Å²) in [4.78, 5) is -0.334. The highest BCUT2D eigenvalue weighted by molar-refractivity contribution is 7.89. The minimum atomic E-state index is -4.88. The van der Waals surface area contributed by atoms with Gasteiger partial charge >= 0.3 is 6.18 Å². The van der Waals surface area contributed by atoms with Gasteiger partial charge in [0.2, 0.25) is 10.0 Å². The highest BCUT2D eigenvalue weighted by atomic mass is 32.2. The zero-order valence-electron chi connectivity index (χ0n) is 8.98. The number of hydrogen-bond donors (Lipinski definition) is 3. The fourth-order valence-electron chi connectivity index (χ4n) is 1.11. The van der Waals surface area contributed by atoms with Gasteiger partial charge in [0.1, 0.15) is 4.90 Å². The van der Waals surface area contributed by atoms with Crippen molar-refractivity contribution in [3.8, 4) is 0 Å². The summed E-state index contributed by atoms with van der Waals surface area (Å²) in [6.45, 7) is -1.17. The van der Waals surface area contributed by atoms with Crippen LogP contribution < -0.4 is 10.5 Å². The summed E-state index contributed by atoms with van der Waals surface area (Å²) in [5, 5.41) is 8.68. The first-order valence-corrected chi connectivity index (χ1v) is 6.22. The van der Waals surface area contributed by atoms with E-state index >= 15 is 0 Å². The van der Waals surface area contributed by atoms with Crippen molar-refractivity contribution >= 4 is 15.7 Å². The summed E-state index contributed by atoms with van der Waals surface area (Å²) < 4.78 is 60.9. The fraction of sp³-hybridized carbons (Fsp3) is 0.333. The molecular weight excluding hydrogens is 273 g/mol. The Labute approximate surface area is 101 Å². The number of anilines is 1. The number of sulfonamides is 1. The van der Waals surface area contributed by atoms with Crippen LogP contribution in [0.2, 0.25) is 0 Å². The molecule has 0 aromatic heterocycles. The van der Waals surface area contributed by atoms with Gasteiger partial charge in [-0.2, -0.15) is 13.2 Å². The number of rotatable bonds is 4. The molecule has 102 valence electrons. The van der Waals surface area contributed by atoms with Crippen LogP contribution in [0.5, 0.6) is 0 Å². The molecule has 1 unspecified atom stereocenters. The van der Waals surface area contributed by atoms with Gasteiger partial charge in [0, 0.05) is 6.54 Å². The molecule has 18 heavy (non-hydrogen) atoms. The molecule has 0 saturated heterocycles. The number of nitrogen functional groups attached to an aromatic ring is 1. The van der Waals surface area contributed by atoms with Gasteiger partial charge in [-0.1, -0.05) is 12.1 Å². The van der Waals surface area contributed by atoms with Crippen LogP contribution in [-0.4, -0.2) is 32.3 Å². The molecule has 0 radical (unpaired) electrons. The molecule has 0 aliphatic carbocycles. The minimum Gasteiger partial charge on any atom is -0.398 e. The second-order valence-corrected chi connectivity index (χ2v) is 5.18. The van der Waals surface area contributed by atoms with E-state index in [1.54, 1.807) is 4.72 Å². The first-order chi connectivity index (χ1) is 8.14. The van der Waals surface area contributed by atoms with Crippen LogP contribution in [-0.2, 0) is 10.0 Å². The van der Waals surface area contributed by atoms with Gasteiger partial charge in [-0.3, -0.25) is 0 Å². The maximum absolute atomic E-state index is 12.0. The number of aliphatic hydroxyl groups is 1. The molecule has 1 atom stereocenters. The van der Waals surface area contributed by atoms with E-state index in [2.05, 4.69) is 0 Å². The Kier molecular flexibility index (Phi) is 4.20. The van der Waals surface area contributed by atoms with E-state index in [4.69, 9.17) is 10.8 Å². The monoisotopic (exact) mass is 284 g/mol. The molecule has 0 spiro atoms. The van der Waals surface area contributed by atoms with Crippen LogP contribution in [0.4, 0.5) is 18.9 Å². The largest absolute Gasteiger partial charge is 0.415 e. The van der Waals surface area contributed by atoms with Gasteiger partial charge < -0.3 is 10.8 Å². The average molecular weight is 284 g/mol. The minimum absolute atomic E-state index is 0.0912. The van der Waals surface area contributed by atoms with Crippen LogP contribution >= 0.6 is 0 Å². The molecule has 9 heteroatoms. The Hall–Kier alpha value is -1.32. The molecule has 0 heterocycles. The highest BCUT2D eigenvalue weighted by Gasteiger charge is 2.38. The van der Waals surface area contributed by atoms with Gasteiger partial charge in [0.15, 0.2) is 6.10 Å². The molecule has 0 aliphatic heterocycles. The van der Waals surface area contributed by atoms with Crippen LogP contribution in [0.25, 0.3) is 0 Å². The number of aliphatic hydroxyl groups excluding tert-OH is 1. The Bertz CT molecular complexity index is 516. The van der Waals surface area contributed by atoms with Crippen molar-refractivity contribution in [2.75, 3.05) is 12.3 Å². The summed E-state index contributed by atoms with van der Waals surface area (Å²) in [5.74, 6) is 0. The summed E-state index contributed by atoms with van der Waals surface area (Å²) >= 11 is 0. The molecule has 1 rings (SSSR count). The van der Waals surface area contributed by atoms with Gasteiger partial charge in [0.05, 0.1) is 5.69 Å². The molecule has 4 N–H and O–H groups in total. The third kappa shape index (κ3) is 3.59. The van der Waals surface area contributed by atoms with E-state index in [1.807, 2.05) is 0 Å². The third-order valence-corrected chi connectivity index (χ3v) is 3.55. The Morgan fingerprint density at radius 1 is 1.33 bits per heavy atom. The Morgan fingerprint density at radius 3 is 2.39 bits per heavy atom. The van der Waals surface area contributed by atoms with E-state index < -0.39 is 28.8 Å². The number of hydrogen-bond acceptors (Lipinski definition) is 4. The van der Waals surface area contributed by atoms with E-state index in [9.17, 15) is 21.6 Å². The average Bonchev–Trinajstić information content (AvgIpc) is 2.25. The molecular formula is C9H11F3N2O3S. The van der Waals surface area contributed by atoms with Crippen LogP contribution in [0.3, 0.4) is 0 Å². The SMILES string of the molecule is Nc1ccccc1S(=O)(=O)NCC(O)C(F)(F)F. The predicted molar refractivity (Wildman–Crippen MR) is 58.1 cm³/mol. The molecule has 0 bridgehead atoms. The lowest BCUT2D eigenvalue weighted by molar-refractivity contribution is -0.200. The van der Waals surface area contributed by atoms with E-state index in [-0.39, 0.29) is 10.6 Å². The lowest BCUT2D eigenvalue weighted by Crippen LogP contribution is -2.40. The standard InChI is InChI=1S/C9H11F3N2O3S/c10-9(11,12)8(15)5-14-18(16,17)7-4-2-1-3-6(7)13/h1-4,8,14-15H,5,13H2. The lowest BCUT2D eigenvalue weighted by Gasteiger charge is -2.15. The molecule has 1 aromatic rings. The predicted octanol–water partition coefficient (Wildman–Crippen LogP) is 0.470. The molecule has 0 saturated carbocycles. The summed E-state index contributed by atoms with van der Waals surface area (Å²) in [7, 11) is -4.18. The van der Waals surface area contributed by atoms with E-state index in [1.165, 1.54) is 18.2 Å². The van der Waals surface area contributed by atoms with Crippen molar-refractivity contribution in [1.29, 1.82) is 0 Å². The molecule has 0 amide bonds. The number of halogens is 3. The lowest BCUT2D eigenvalue weighted by atomic mass is 10.3. The van der Waals surface area contributed by atoms with Crippen LogP contribution in [0, 0.1) is 0 Å². The molecule has 1 aromatic carbocycles. The summed E-state index contributed by atoms with van der Waals surface area (Å²) in [6, 6.07) is 5.32. The van der Waals surface area contributed by atoms with Gasteiger partial charge in [0.25, 0.3) is 0 Å². The zero-order chi connectivity index (χ0) is 14.0. The second kappa shape index (κ2) is 5.12. The highest BCUT2D eigenvalue weighted by Crippen LogP contribution is 2.21. The van der Waals surface area contributed by atoms with Gasteiger partial charge in [-0.25, -0.2) is 13.1 Å². The number of nitrogens with two attached hydrogens (primary N) is 1. The first-order valence-electron chi connectivity index (χ1n) is 4.73. The third-order valence-electron chi connectivity index (χ3n) is 2.05. The van der Waals surface area contributed by atoms with Crippen molar-refractivity contribution < 1.29 is 26.7 Å². The smallest absolute Gasteiger partial charge is 0.398 e.